The van der Waals surface area contributed by atoms with E-state index in [0.717, 1.165) is 10.0 Å². The van der Waals surface area contributed by atoms with Crippen LogP contribution in [0.2, 0.25) is 0 Å². The van der Waals surface area contributed by atoms with Crippen LogP contribution in [0.5, 0.6) is 0 Å². The Morgan fingerprint density at radius 1 is 1.38 bits per heavy atom. The van der Waals surface area contributed by atoms with Crippen molar-refractivity contribution in [2.45, 2.75) is 27.2 Å². The minimum Gasteiger partial charge on any atom is -0.300 e. The van der Waals surface area contributed by atoms with Gasteiger partial charge in [-0.2, -0.15) is 0 Å². The SMILES string of the molecule is CC(=O)Cc1ccc(C)c(Br)c1C. The van der Waals surface area contributed by atoms with E-state index in [1.165, 1.54) is 11.1 Å². The van der Waals surface area contributed by atoms with E-state index in [-0.39, 0.29) is 5.78 Å². The Balaban J connectivity index is 3.10. The minimum atomic E-state index is 0.207. The molecule has 0 saturated heterocycles. The van der Waals surface area contributed by atoms with Crippen molar-refractivity contribution < 1.29 is 4.79 Å². The van der Waals surface area contributed by atoms with Crippen LogP contribution in [-0.4, -0.2) is 5.78 Å². The first-order chi connectivity index (χ1) is 6.02. The summed E-state index contributed by atoms with van der Waals surface area (Å²) in [5.74, 6) is 0.207. The first-order valence-corrected chi connectivity index (χ1v) is 5.05. The number of hydrogen-bond acceptors (Lipinski definition) is 1. The van der Waals surface area contributed by atoms with Crippen molar-refractivity contribution >= 4 is 21.7 Å². The summed E-state index contributed by atoms with van der Waals surface area (Å²) < 4.78 is 1.12. The van der Waals surface area contributed by atoms with Gasteiger partial charge in [0.15, 0.2) is 0 Å². The normalized spacial score (nSPS) is 10.2. The third kappa shape index (κ3) is 2.41. The van der Waals surface area contributed by atoms with Gasteiger partial charge in [0.05, 0.1) is 0 Å². The highest BCUT2D eigenvalue weighted by Gasteiger charge is 2.06. The topological polar surface area (TPSA) is 17.1 Å². The van der Waals surface area contributed by atoms with Gasteiger partial charge in [-0.05, 0) is 37.5 Å². The summed E-state index contributed by atoms with van der Waals surface area (Å²) in [6.45, 7) is 5.71. The van der Waals surface area contributed by atoms with E-state index in [2.05, 4.69) is 22.9 Å². The molecule has 0 N–H and O–H groups in total. The molecule has 0 saturated carbocycles. The van der Waals surface area contributed by atoms with Gasteiger partial charge in [-0.15, -0.1) is 0 Å². The molecule has 0 amide bonds. The number of benzene rings is 1. The maximum atomic E-state index is 10.9. The van der Waals surface area contributed by atoms with Crippen LogP contribution in [0.15, 0.2) is 16.6 Å². The zero-order chi connectivity index (χ0) is 10.0. The molecular formula is C11H13BrO. The van der Waals surface area contributed by atoms with Crippen molar-refractivity contribution in [3.63, 3.8) is 0 Å². The van der Waals surface area contributed by atoms with Crippen LogP contribution in [0.3, 0.4) is 0 Å². The van der Waals surface area contributed by atoms with Crippen LogP contribution in [-0.2, 0) is 11.2 Å². The van der Waals surface area contributed by atoms with E-state index >= 15 is 0 Å². The second kappa shape index (κ2) is 4.05. The Morgan fingerprint density at radius 2 is 2.00 bits per heavy atom. The number of rotatable bonds is 2. The molecule has 0 unspecified atom stereocenters. The quantitative estimate of drug-likeness (QED) is 0.777. The minimum absolute atomic E-state index is 0.207. The van der Waals surface area contributed by atoms with E-state index in [4.69, 9.17) is 0 Å². The van der Waals surface area contributed by atoms with E-state index in [1.54, 1.807) is 6.92 Å². The van der Waals surface area contributed by atoms with Crippen molar-refractivity contribution in [1.82, 2.24) is 0 Å². The third-order valence-corrected chi connectivity index (χ3v) is 3.35. The van der Waals surface area contributed by atoms with Gasteiger partial charge >= 0.3 is 0 Å². The van der Waals surface area contributed by atoms with Gasteiger partial charge in [-0.3, -0.25) is 4.79 Å². The van der Waals surface area contributed by atoms with Crippen LogP contribution in [0.25, 0.3) is 0 Å². The fourth-order valence-electron chi connectivity index (χ4n) is 1.32. The number of ketones is 1. The average molecular weight is 241 g/mol. The molecule has 13 heavy (non-hydrogen) atoms. The van der Waals surface area contributed by atoms with Gasteiger partial charge in [-0.1, -0.05) is 28.1 Å². The molecule has 0 aliphatic heterocycles. The zero-order valence-corrected chi connectivity index (χ0v) is 9.73. The van der Waals surface area contributed by atoms with Crippen LogP contribution < -0.4 is 0 Å². The highest BCUT2D eigenvalue weighted by Crippen LogP contribution is 2.24. The maximum Gasteiger partial charge on any atom is 0.134 e. The fraction of sp³-hybridized carbons (Fsp3) is 0.364. The fourth-order valence-corrected chi connectivity index (χ4v) is 1.71. The number of Topliss-reactive ketones (excluding diaryl/α,β-unsaturated/α-hetero) is 1. The van der Waals surface area contributed by atoms with E-state index in [0.29, 0.717) is 6.42 Å². The van der Waals surface area contributed by atoms with Gasteiger partial charge in [-0.25, -0.2) is 0 Å². The van der Waals surface area contributed by atoms with Crippen molar-refractivity contribution in [2.75, 3.05) is 0 Å². The smallest absolute Gasteiger partial charge is 0.134 e. The Kier molecular flexibility index (Phi) is 3.26. The predicted octanol–water partition coefficient (Wildman–Crippen LogP) is 3.20. The standard InChI is InChI=1S/C11H13BrO/c1-7-4-5-10(6-8(2)13)9(3)11(7)12/h4-5H,6H2,1-3H3. The van der Waals surface area contributed by atoms with E-state index in [1.807, 2.05) is 19.1 Å². The second-order valence-corrected chi connectivity index (χ2v) is 4.15. The van der Waals surface area contributed by atoms with Gasteiger partial charge in [0, 0.05) is 10.9 Å². The van der Waals surface area contributed by atoms with Gasteiger partial charge in [0.25, 0.3) is 0 Å². The number of carbonyl (C=O) groups is 1. The van der Waals surface area contributed by atoms with Crippen LogP contribution in [0.1, 0.15) is 23.6 Å². The summed E-state index contributed by atoms with van der Waals surface area (Å²) in [6.07, 6.45) is 0.532. The third-order valence-electron chi connectivity index (χ3n) is 2.13. The van der Waals surface area contributed by atoms with E-state index in [9.17, 15) is 4.79 Å². The number of hydrogen-bond donors (Lipinski definition) is 0. The molecular weight excluding hydrogens is 228 g/mol. The highest BCUT2D eigenvalue weighted by molar-refractivity contribution is 9.10. The molecule has 0 atom stereocenters. The molecule has 0 spiro atoms. The average Bonchev–Trinajstić information content (AvgIpc) is 2.06. The Hall–Kier alpha value is -0.630. The summed E-state index contributed by atoms with van der Waals surface area (Å²) >= 11 is 3.51. The summed E-state index contributed by atoms with van der Waals surface area (Å²) in [7, 11) is 0. The largest absolute Gasteiger partial charge is 0.300 e. The lowest BCUT2D eigenvalue weighted by molar-refractivity contribution is -0.116. The van der Waals surface area contributed by atoms with Crippen LogP contribution >= 0.6 is 15.9 Å². The predicted molar refractivity (Wildman–Crippen MR) is 58.0 cm³/mol. The molecule has 1 nitrogen and oxygen atoms in total. The van der Waals surface area contributed by atoms with Gasteiger partial charge < -0.3 is 0 Å². The summed E-state index contributed by atoms with van der Waals surface area (Å²) in [5.41, 5.74) is 3.50. The molecule has 70 valence electrons. The molecule has 0 aromatic heterocycles. The molecule has 0 aliphatic rings. The first kappa shape index (κ1) is 10.5. The molecule has 0 heterocycles. The monoisotopic (exact) mass is 240 g/mol. The maximum absolute atomic E-state index is 10.9. The Labute approximate surface area is 87.3 Å². The molecule has 2 heteroatoms. The van der Waals surface area contributed by atoms with E-state index < -0.39 is 0 Å². The zero-order valence-electron chi connectivity index (χ0n) is 8.15. The van der Waals surface area contributed by atoms with Crippen molar-refractivity contribution in [3.8, 4) is 0 Å². The van der Waals surface area contributed by atoms with Crippen molar-refractivity contribution in [1.29, 1.82) is 0 Å². The summed E-state index contributed by atoms with van der Waals surface area (Å²) in [4.78, 5) is 10.9. The van der Waals surface area contributed by atoms with Crippen LogP contribution in [0, 0.1) is 13.8 Å². The molecule has 0 fully saturated rings. The summed E-state index contributed by atoms with van der Waals surface area (Å²) in [6, 6.07) is 4.06. The molecule has 0 bridgehead atoms. The molecule has 1 rings (SSSR count). The number of carbonyl (C=O) groups excluding carboxylic acids is 1. The lowest BCUT2D eigenvalue weighted by Crippen LogP contribution is -1.99. The lowest BCUT2D eigenvalue weighted by atomic mass is 10.0. The molecule has 1 aromatic carbocycles. The Morgan fingerprint density at radius 3 is 2.54 bits per heavy atom. The first-order valence-electron chi connectivity index (χ1n) is 4.26. The van der Waals surface area contributed by atoms with Gasteiger partial charge in [0.1, 0.15) is 5.78 Å². The second-order valence-electron chi connectivity index (χ2n) is 3.36. The molecule has 1 aromatic rings. The van der Waals surface area contributed by atoms with Gasteiger partial charge in [0.2, 0.25) is 0 Å². The Bertz CT molecular complexity index is 342. The van der Waals surface area contributed by atoms with Crippen molar-refractivity contribution in [3.05, 3.63) is 33.3 Å². The lowest BCUT2D eigenvalue weighted by Gasteiger charge is -2.08. The molecule has 0 radical (unpaired) electrons. The van der Waals surface area contributed by atoms with Crippen molar-refractivity contribution in [2.24, 2.45) is 0 Å². The number of aryl methyl sites for hydroxylation is 1. The molecule has 0 aliphatic carbocycles. The summed E-state index contributed by atoms with van der Waals surface area (Å²) in [5, 5.41) is 0. The highest BCUT2D eigenvalue weighted by atomic mass is 79.9. The van der Waals surface area contributed by atoms with Crippen LogP contribution in [0.4, 0.5) is 0 Å². The number of halogens is 1.